The van der Waals surface area contributed by atoms with Crippen molar-refractivity contribution in [3.05, 3.63) is 16.1 Å². The van der Waals surface area contributed by atoms with E-state index in [0.717, 1.165) is 18.0 Å². The van der Waals surface area contributed by atoms with E-state index in [1.807, 2.05) is 6.92 Å². The molecule has 0 amide bonds. The number of halogens is 1. The summed E-state index contributed by atoms with van der Waals surface area (Å²) in [5.41, 5.74) is 1.13. The summed E-state index contributed by atoms with van der Waals surface area (Å²) in [6.07, 6.45) is 1.16. The van der Waals surface area contributed by atoms with E-state index in [-0.39, 0.29) is 0 Å². The number of hydrogen-bond donors (Lipinski definition) is 0. The van der Waals surface area contributed by atoms with Gasteiger partial charge in [-0.1, -0.05) is 29.8 Å². The molecule has 0 aliphatic heterocycles. The van der Waals surface area contributed by atoms with Crippen LogP contribution in [0.5, 0.6) is 0 Å². The number of aromatic nitrogens is 1. The van der Waals surface area contributed by atoms with E-state index >= 15 is 0 Å². The van der Waals surface area contributed by atoms with Crippen LogP contribution in [0.1, 0.15) is 35.8 Å². The summed E-state index contributed by atoms with van der Waals surface area (Å²) in [6, 6.07) is 0. The highest BCUT2D eigenvalue weighted by molar-refractivity contribution is 9.09. The fourth-order valence-corrected chi connectivity index (χ4v) is 2.99. The molecule has 1 nitrogen and oxygen atoms in total. The molecule has 1 aromatic heterocycles. The molecular formula is C9H14BrNS. The topological polar surface area (TPSA) is 12.9 Å². The number of alkyl halides is 1. The minimum absolute atomic E-state index is 0.441. The van der Waals surface area contributed by atoms with E-state index in [2.05, 4.69) is 40.1 Å². The molecule has 1 heterocycles. The molecule has 1 rings (SSSR count). The first-order chi connectivity index (χ1) is 5.59. The van der Waals surface area contributed by atoms with E-state index in [4.69, 9.17) is 0 Å². The summed E-state index contributed by atoms with van der Waals surface area (Å²) in [7, 11) is 0. The van der Waals surface area contributed by atoms with Crippen molar-refractivity contribution in [3.63, 3.8) is 0 Å². The summed E-state index contributed by atoms with van der Waals surface area (Å²) < 4.78 is 0. The molecule has 12 heavy (non-hydrogen) atoms. The molecule has 0 aliphatic rings. The van der Waals surface area contributed by atoms with Gasteiger partial charge in [0.2, 0.25) is 0 Å². The lowest BCUT2D eigenvalue weighted by Crippen LogP contribution is -1.95. The van der Waals surface area contributed by atoms with Crippen LogP contribution in [-0.2, 0) is 0 Å². The predicted octanol–water partition coefficient (Wildman–Crippen LogP) is 3.93. The quantitative estimate of drug-likeness (QED) is 0.738. The highest BCUT2D eigenvalue weighted by Gasteiger charge is 2.12. The molecule has 0 saturated heterocycles. The van der Waals surface area contributed by atoms with Crippen molar-refractivity contribution in [1.29, 1.82) is 0 Å². The highest BCUT2D eigenvalue weighted by atomic mass is 79.9. The first-order valence-electron chi connectivity index (χ1n) is 4.15. The van der Waals surface area contributed by atoms with Crippen LogP contribution in [0.2, 0.25) is 0 Å². The molecule has 0 aromatic carbocycles. The van der Waals surface area contributed by atoms with Crippen molar-refractivity contribution in [1.82, 2.24) is 4.98 Å². The first kappa shape index (κ1) is 10.2. The third-order valence-electron chi connectivity index (χ3n) is 1.58. The molecule has 68 valence electrons. The lowest BCUT2D eigenvalue weighted by atomic mass is 10.1. The zero-order valence-corrected chi connectivity index (χ0v) is 10.1. The van der Waals surface area contributed by atoms with E-state index in [1.165, 1.54) is 5.01 Å². The normalized spacial score (nSPS) is 13.8. The van der Waals surface area contributed by atoms with Gasteiger partial charge in [-0.2, -0.15) is 0 Å². The Morgan fingerprint density at radius 2 is 2.25 bits per heavy atom. The van der Waals surface area contributed by atoms with Gasteiger partial charge in [0.1, 0.15) is 5.01 Å². The van der Waals surface area contributed by atoms with Gasteiger partial charge in [0.25, 0.3) is 0 Å². The van der Waals surface area contributed by atoms with E-state index in [9.17, 15) is 0 Å². The van der Waals surface area contributed by atoms with E-state index < -0.39 is 0 Å². The van der Waals surface area contributed by atoms with Crippen LogP contribution in [0.4, 0.5) is 0 Å². The average molecular weight is 248 g/mol. The van der Waals surface area contributed by atoms with E-state index in [0.29, 0.717) is 4.83 Å². The second kappa shape index (κ2) is 4.38. The zero-order chi connectivity index (χ0) is 9.14. The molecule has 0 spiro atoms. The summed E-state index contributed by atoms with van der Waals surface area (Å²) in [4.78, 5) is 4.88. The monoisotopic (exact) mass is 247 g/mol. The van der Waals surface area contributed by atoms with Crippen molar-refractivity contribution in [3.8, 4) is 0 Å². The Morgan fingerprint density at radius 3 is 2.67 bits per heavy atom. The molecule has 0 bridgehead atoms. The van der Waals surface area contributed by atoms with Gasteiger partial charge in [0.05, 0.1) is 4.83 Å². The Morgan fingerprint density at radius 1 is 1.58 bits per heavy atom. The number of thiazole rings is 1. The molecule has 0 fully saturated rings. The fraction of sp³-hybridized carbons (Fsp3) is 0.667. The lowest BCUT2D eigenvalue weighted by Gasteiger charge is -2.08. The van der Waals surface area contributed by atoms with Gasteiger partial charge in [-0.15, -0.1) is 11.3 Å². The third-order valence-corrected chi connectivity index (χ3v) is 3.77. The van der Waals surface area contributed by atoms with Gasteiger partial charge in [-0.25, -0.2) is 4.98 Å². The molecule has 0 radical (unpaired) electrons. The van der Waals surface area contributed by atoms with Gasteiger partial charge in [-0.3, -0.25) is 0 Å². The van der Waals surface area contributed by atoms with Crippen molar-refractivity contribution >= 4 is 27.3 Å². The predicted molar refractivity (Wildman–Crippen MR) is 58.0 cm³/mol. The van der Waals surface area contributed by atoms with Crippen LogP contribution in [0.15, 0.2) is 5.38 Å². The number of hydrogen-bond acceptors (Lipinski definition) is 2. The smallest absolute Gasteiger partial charge is 0.106 e. The van der Waals surface area contributed by atoms with Crippen LogP contribution < -0.4 is 0 Å². The number of rotatable bonds is 3. The minimum Gasteiger partial charge on any atom is -0.245 e. The Balaban J connectivity index is 2.58. The van der Waals surface area contributed by atoms with Crippen LogP contribution in [0.3, 0.4) is 0 Å². The van der Waals surface area contributed by atoms with Crippen LogP contribution >= 0.6 is 27.3 Å². The van der Waals surface area contributed by atoms with Crippen molar-refractivity contribution in [2.75, 3.05) is 0 Å². The summed E-state index contributed by atoms with van der Waals surface area (Å²) in [5.74, 6) is 0.721. The Hall–Kier alpha value is 0.110. The van der Waals surface area contributed by atoms with Gasteiger partial charge >= 0.3 is 0 Å². The molecule has 0 saturated carbocycles. The Kier molecular flexibility index (Phi) is 3.72. The van der Waals surface area contributed by atoms with Crippen LogP contribution in [0.25, 0.3) is 0 Å². The average Bonchev–Trinajstić information content (AvgIpc) is 2.34. The van der Waals surface area contributed by atoms with Crippen molar-refractivity contribution in [2.24, 2.45) is 5.92 Å². The number of nitrogens with zero attached hydrogens (tertiary/aromatic N) is 1. The maximum Gasteiger partial charge on any atom is 0.106 e. The van der Waals surface area contributed by atoms with Gasteiger partial charge in [0, 0.05) is 11.1 Å². The van der Waals surface area contributed by atoms with Crippen LogP contribution in [0, 0.1) is 12.8 Å². The van der Waals surface area contributed by atoms with Gasteiger partial charge in [-0.05, 0) is 19.3 Å². The standard InChI is InChI=1S/C9H14BrNS/c1-6(2)4-8(10)9-11-7(3)5-12-9/h5-6,8H,4H2,1-3H3. The van der Waals surface area contributed by atoms with E-state index in [1.54, 1.807) is 11.3 Å². The molecule has 1 unspecified atom stereocenters. The molecule has 0 aliphatic carbocycles. The Bertz CT molecular complexity index is 244. The van der Waals surface area contributed by atoms with Gasteiger partial charge < -0.3 is 0 Å². The van der Waals surface area contributed by atoms with Crippen molar-refractivity contribution in [2.45, 2.75) is 32.0 Å². The maximum absolute atomic E-state index is 4.44. The summed E-state index contributed by atoms with van der Waals surface area (Å²) in [5, 5.41) is 3.31. The third kappa shape index (κ3) is 2.87. The fourth-order valence-electron chi connectivity index (χ4n) is 1.03. The SMILES string of the molecule is Cc1csc(C(Br)CC(C)C)n1. The maximum atomic E-state index is 4.44. The second-order valence-electron chi connectivity index (χ2n) is 3.42. The first-order valence-corrected chi connectivity index (χ1v) is 5.95. The van der Waals surface area contributed by atoms with Crippen LogP contribution in [-0.4, -0.2) is 4.98 Å². The molecule has 1 aromatic rings. The second-order valence-corrected chi connectivity index (χ2v) is 5.42. The number of aryl methyl sites for hydroxylation is 1. The van der Waals surface area contributed by atoms with Gasteiger partial charge in [0.15, 0.2) is 0 Å². The molecule has 0 N–H and O–H groups in total. The zero-order valence-electron chi connectivity index (χ0n) is 7.67. The minimum atomic E-state index is 0.441. The lowest BCUT2D eigenvalue weighted by molar-refractivity contribution is 0.582. The molecule has 1 atom stereocenters. The summed E-state index contributed by atoms with van der Waals surface area (Å²) >= 11 is 5.39. The highest BCUT2D eigenvalue weighted by Crippen LogP contribution is 2.31. The molecule has 3 heteroatoms. The molecular weight excluding hydrogens is 234 g/mol. The Labute approximate surface area is 86.3 Å². The largest absolute Gasteiger partial charge is 0.245 e. The van der Waals surface area contributed by atoms with Crippen molar-refractivity contribution < 1.29 is 0 Å². The summed E-state index contributed by atoms with van der Waals surface area (Å²) in [6.45, 7) is 6.50.